The van der Waals surface area contributed by atoms with Crippen molar-refractivity contribution in [2.24, 2.45) is 0 Å². The molecule has 0 spiro atoms. The van der Waals surface area contributed by atoms with Crippen LogP contribution in [-0.4, -0.2) is 0 Å². The fraction of sp³-hybridized carbons (Fsp3) is 0. The average Bonchev–Trinajstić information content (AvgIpc) is 2.31. The summed E-state index contributed by atoms with van der Waals surface area (Å²) in [7, 11) is -0.508. The van der Waals surface area contributed by atoms with Crippen LogP contribution in [0.2, 0.25) is 0 Å². The Labute approximate surface area is 90.4 Å². The SMILES string of the molecule is [O]Pc1ccccc1Oc1[c]cccc1. The molecular weight excluding hydrogens is 207 g/mol. The molecule has 0 saturated heterocycles. The van der Waals surface area contributed by atoms with Crippen LogP contribution in [-0.2, 0) is 4.89 Å². The quantitative estimate of drug-likeness (QED) is 0.725. The molecule has 2 rings (SSSR count). The Morgan fingerprint density at radius 1 is 1.07 bits per heavy atom. The monoisotopic (exact) mass is 216 g/mol. The molecule has 2 nitrogen and oxygen atoms in total. The van der Waals surface area contributed by atoms with Crippen molar-refractivity contribution in [3.63, 3.8) is 0 Å². The van der Waals surface area contributed by atoms with Crippen molar-refractivity contribution < 1.29 is 9.63 Å². The molecule has 2 aromatic carbocycles. The summed E-state index contributed by atoms with van der Waals surface area (Å²) in [5.41, 5.74) is 0. The smallest absolute Gasteiger partial charge is 0.137 e. The Morgan fingerprint density at radius 3 is 2.60 bits per heavy atom. The van der Waals surface area contributed by atoms with Gasteiger partial charge >= 0.3 is 0 Å². The van der Waals surface area contributed by atoms with Gasteiger partial charge in [0.15, 0.2) is 0 Å². The zero-order chi connectivity index (χ0) is 10.5. The summed E-state index contributed by atoms with van der Waals surface area (Å²) >= 11 is 0. The molecule has 0 aliphatic heterocycles. The highest BCUT2D eigenvalue weighted by Gasteiger charge is 2.03. The molecular formula is C12H9O2P. The summed E-state index contributed by atoms with van der Waals surface area (Å²) in [5, 5.41) is 0.690. The van der Waals surface area contributed by atoms with Crippen LogP contribution in [0.5, 0.6) is 11.5 Å². The number of rotatable bonds is 3. The Kier molecular flexibility index (Phi) is 3.33. The van der Waals surface area contributed by atoms with E-state index in [1.807, 2.05) is 30.3 Å². The van der Waals surface area contributed by atoms with Crippen LogP contribution in [0.25, 0.3) is 0 Å². The lowest BCUT2D eigenvalue weighted by Gasteiger charge is -2.07. The van der Waals surface area contributed by atoms with E-state index >= 15 is 0 Å². The zero-order valence-electron chi connectivity index (χ0n) is 7.94. The number of hydrogen-bond donors (Lipinski definition) is 0. The Balaban J connectivity index is 2.24. The van der Waals surface area contributed by atoms with Crippen molar-refractivity contribution in [3.8, 4) is 11.5 Å². The first-order chi connectivity index (χ1) is 7.40. The van der Waals surface area contributed by atoms with Gasteiger partial charge in [0.05, 0.1) is 8.81 Å². The molecule has 2 aromatic rings. The van der Waals surface area contributed by atoms with Crippen LogP contribution >= 0.6 is 8.81 Å². The summed E-state index contributed by atoms with van der Waals surface area (Å²) in [6, 6.07) is 17.5. The first kappa shape index (κ1) is 10.2. The van der Waals surface area contributed by atoms with Gasteiger partial charge in [-0.05, 0) is 18.2 Å². The lowest BCUT2D eigenvalue weighted by atomic mass is 10.3. The van der Waals surface area contributed by atoms with E-state index < -0.39 is 8.81 Å². The van der Waals surface area contributed by atoms with Crippen LogP contribution in [0.3, 0.4) is 0 Å². The highest BCUT2D eigenvalue weighted by Crippen LogP contribution is 2.22. The van der Waals surface area contributed by atoms with Gasteiger partial charge in [-0.1, -0.05) is 30.3 Å². The molecule has 0 N–H and O–H groups in total. The highest BCUT2D eigenvalue weighted by atomic mass is 31.1. The fourth-order valence-electron chi connectivity index (χ4n) is 1.20. The van der Waals surface area contributed by atoms with Gasteiger partial charge in [0, 0.05) is 11.4 Å². The van der Waals surface area contributed by atoms with Gasteiger partial charge < -0.3 is 4.74 Å². The number of para-hydroxylation sites is 2. The third-order valence-corrected chi connectivity index (χ3v) is 2.53. The minimum atomic E-state index is -0.508. The molecule has 3 heteroatoms. The van der Waals surface area contributed by atoms with Gasteiger partial charge in [-0.25, -0.2) is 4.89 Å². The topological polar surface area (TPSA) is 29.1 Å². The van der Waals surface area contributed by atoms with Crippen molar-refractivity contribution in [1.29, 1.82) is 0 Å². The largest absolute Gasteiger partial charge is 0.456 e. The van der Waals surface area contributed by atoms with Gasteiger partial charge in [-0.15, -0.1) is 0 Å². The van der Waals surface area contributed by atoms with Crippen LogP contribution in [0.4, 0.5) is 0 Å². The molecule has 0 amide bonds. The predicted molar refractivity (Wildman–Crippen MR) is 60.4 cm³/mol. The molecule has 0 heterocycles. The lowest BCUT2D eigenvalue weighted by Crippen LogP contribution is -1.98. The molecule has 0 bridgehead atoms. The molecule has 1 atom stereocenters. The van der Waals surface area contributed by atoms with E-state index in [0.717, 1.165) is 0 Å². The van der Waals surface area contributed by atoms with Crippen LogP contribution in [0, 0.1) is 6.07 Å². The van der Waals surface area contributed by atoms with E-state index in [2.05, 4.69) is 6.07 Å². The summed E-state index contributed by atoms with van der Waals surface area (Å²) in [5.74, 6) is 1.25. The van der Waals surface area contributed by atoms with Crippen molar-refractivity contribution in [2.75, 3.05) is 0 Å². The Morgan fingerprint density at radius 2 is 1.87 bits per heavy atom. The van der Waals surface area contributed by atoms with Crippen molar-refractivity contribution >= 4 is 14.1 Å². The number of benzene rings is 2. The second-order valence-electron chi connectivity index (χ2n) is 2.93. The second kappa shape index (κ2) is 4.92. The van der Waals surface area contributed by atoms with E-state index in [4.69, 9.17) is 4.74 Å². The van der Waals surface area contributed by atoms with Crippen molar-refractivity contribution in [3.05, 3.63) is 54.6 Å². The van der Waals surface area contributed by atoms with Crippen LogP contribution < -0.4 is 10.0 Å². The molecule has 0 fully saturated rings. The minimum absolute atomic E-state index is 0.508. The third kappa shape index (κ3) is 2.56. The second-order valence-corrected chi connectivity index (χ2v) is 3.67. The summed E-state index contributed by atoms with van der Waals surface area (Å²) in [4.78, 5) is 10.9. The molecule has 74 valence electrons. The lowest BCUT2D eigenvalue weighted by molar-refractivity contribution is 0.482. The normalized spacial score (nSPS) is 10.7. The van der Waals surface area contributed by atoms with Crippen molar-refractivity contribution in [1.82, 2.24) is 0 Å². The molecule has 0 aliphatic carbocycles. The van der Waals surface area contributed by atoms with Crippen LogP contribution in [0.1, 0.15) is 0 Å². The molecule has 2 radical (unpaired) electrons. The van der Waals surface area contributed by atoms with E-state index in [1.54, 1.807) is 18.2 Å². The van der Waals surface area contributed by atoms with Crippen LogP contribution in [0.15, 0.2) is 48.5 Å². The fourth-order valence-corrected chi connectivity index (χ4v) is 1.60. The van der Waals surface area contributed by atoms with Gasteiger partial charge in [-0.3, -0.25) is 0 Å². The summed E-state index contributed by atoms with van der Waals surface area (Å²) in [6.45, 7) is 0. The molecule has 0 aromatic heterocycles. The maximum Gasteiger partial charge on any atom is 0.137 e. The number of hydrogen-bond acceptors (Lipinski definition) is 1. The van der Waals surface area contributed by atoms with E-state index in [-0.39, 0.29) is 0 Å². The Hall–Kier alpha value is -1.37. The minimum Gasteiger partial charge on any atom is -0.456 e. The van der Waals surface area contributed by atoms with Gasteiger partial charge in [0.2, 0.25) is 0 Å². The van der Waals surface area contributed by atoms with Gasteiger partial charge in [0.25, 0.3) is 0 Å². The first-order valence-electron chi connectivity index (χ1n) is 4.52. The molecule has 15 heavy (non-hydrogen) atoms. The van der Waals surface area contributed by atoms with Gasteiger partial charge in [0.1, 0.15) is 11.5 Å². The summed E-state index contributed by atoms with van der Waals surface area (Å²) in [6.07, 6.45) is 0. The highest BCUT2D eigenvalue weighted by molar-refractivity contribution is 7.40. The van der Waals surface area contributed by atoms with E-state index in [9.17, 15) is 4.89 Å². The summed E-state index contributed by atoms with van der Waals surface area (Å²) < 4.78 is 5.55. The van der Waals surface area contributed by atoms with Crippen molar-refractivity contribution in [2.45, 2.75) is 0 Å². The van der Waals surface area contributed by atoms with Gasteiger partial charge in [-0.2, -0.15) is 0 Å². The number of ether oxygens (including phenoxy) is 1. The standard InChI is InChI=1S/C12H9O2P/c13-15-12-9-5-4-8-11(12)14-10-6-2-1-3-7-10/h1-6,8-9,15H. The Bertz CT molecular complexity index is 429. The molecule has 0 saturated carbocycles. The van der Waals surface area contributed by atoms with E-state index in [0.29, 0.717) is 16.8 Å². The first-order valence-corrected chi connectivity index (χ1v) is 5.43. The molecule has 0 aliphatic rings. The maximum absolute atomic E-state index is 10.9. The average molecular weight is 216 g/mol. The third-order valence-electron chi connectivity index (χ3n) is 1.90. The zero-order valence-corrected chi connectivity index (χ0v) is 8.94. The maximum atomic E-state index is 10.9. The molecule has 1 unspecified atom stereocenters. The van der Waals surface area contributed by atoms with E-state index in [1.165, 1.54) is 0 Å². The predicted octanol–water partition coefficient (Wildman–Crippen LogP) is 2.93.